The van der Waals surface area contributed by atoms with E-state index in [4.69, 9.17) is 9.40 Å². The van der Waals surface area contributed by atoms with E-state index in [2.05, 4.69) is 5.10 Å². The topological polar surface area (TPSA) is 101 Å². The van der Waals surface area contributed by atoms with E-state index >= 15 is 0 Å². The predicted octanol–water partition coefficient (Wildman–Crippen LogP) is 3.60. The van der Waals surface area contributed by atoms with E-state index in [0.717, 1.165) is 0 Å². The summed E-state index contributed by atoms with van der Waals surface area (Å²) >= 11 is 0. The molecule has 8 nitrogen and oxygen atoms in total. The van der Waals surface area contributed by atoms with Gasteiger partial charge in [0.1, 0.15) is 5.69 Å². The summed E-state index contributed by atoms with van der Waals surface area (Å²) in [6.45, 7) is 6.33. The Kier molecular flexibility index (Phi) is 4.86. The van der Waals surface area contributed by atoms with Gasteiger partial charge in [-0.2, -0.15) is 5.10 Å². The van der Waals surface area contributed by atoms with Crippen LogP contribution in [0.5, 0.6) is 0 Å². The van der Waals surface area contributed by atoms with Gasteiger partial charge in [-0.15, -0.1) is 0 Å². The number of fused-ring (bicyclic) bond motifs is 1. The number of nitrogens with zero attached hydrogens (tertiary/aromatic N) is 4. The maximum Gasteiger partial charge on any atom is 0.308 e. The number of aliphatic carboxylic acids is 1. The van der Waals surface area contributed by atoms with Gasteiger partial charge in [-0.3, -0.25) is 9.59 Å². The monoisotopic (exact) mass is 396 g/mol. The average Bonchev–Trinajstić information content (AvgIpc) is 3.36. The highest BCUT2D eigenvalue weighted by Gasteiger charge is 2.36. The second-order valence-corrected chi connectivity index (χ2v) is 7.78. The Bertz CT molecular complexity index is 1050. The lowest BCUT2D eigenvalue weighted by molar-refractivity contribution is -0.144. The first-order valence-electron chi connectivity index (χ1n) is 9.84. The summed E-state index contributed by atoms with van der Waals surface area (Å²) in [6, 6.07) is 4.96. The Morgan fingerprint density at radius 2 is 2.14 bits per heavy atom. The molecule has 0 bridgehead atoms. The van der Waals surface area contributed by atoms with Gasteiger partial charge in [0.05, 0.1) is 29.3 Å². The van der Waals surface area contributed by atoms with Gasteiger partial charge < -0.3 is 14.4 Å². The Labute approximate surface area is 168 Å². The van der Waals surface area contributed by atoms with Gasteiger partial charge in [0.2, 0.25) is 0 Å². The summed E-state index contributed by atoms with van der Waals surface area (Å²) in [5.41, 5.74) is 1.62. The third kappa shape index (κ3) is 3.28. The van der Waals surface area contributed by atoms with E-state index in [1.54, 1.807) is 47.2 Å². The van der Waals surface area contributed by atoms with E-state index < -0.39 is 11.9 Å². The molecule has 8 heteroatoms. The molecule has 2 atom stereocenters. The standard InChI is InChI=1S/C21H24N4O4/c1-12(2)25-19-16(11-22-25)15(10-17(23-19)18-7-5-9-29-18)20(26)24-8-4-6-14(13(24)3)21(27)28/h5,7,9-14H,4,6,8H2,1-3H3,(H,27,28)/t13-,14-/m0/s1. The molecule has 29 heavy (non-hydrogen) atoms. The molecule has 1 aliphatic rings. The average molecular weight is 396 g/mol. The molecule has 0 aliphatic carbocycles. The Hall–Kier alpha value is -3.16. The molecule has 1 saturated heterocycles. The van der Waals surface area contributed by atoms with Crippen LogP contribution in [0, 0.1) is 5.92 Å². The minimum Gasteiger partial charge on any atom is -0.481 e. The third-order valence-corrected chi connectivity index (χ3v) is 5.63. The number of carboxylic acid groups (broad SMARTS) is 1. The normalized spacial score (nSPS) is 19.8. The molecule has 0 saturated carbocycles. The fourth-order valence-corrected chi connectivity index (χ4v) is 4.04. The Balaban J connectivity index is 1.84. The van der Waals surface area contributed by atoms with Crippen LogP contribution in [0.15, 0.2) is 35.1 Å². The van der Waals surface area contributed by atoms with Gasteiger partial charge >= 0.3 is 5.97 Å². The number of likely N-dealkylation sites (tertiary alicyclic amines) is 1. The first kappa shape index (κ1) is 19.2. The summed E-state index contributed by atoms with van der Waals surface area (Å²) in [5.74, 6) is -1.06. The van der Waals surface area contributed by atoms with Crippen LogP contribution in [-0.2, 0) is 4.79 Å². The van der Waals surface area contributed by atoms with Crippen LogP contribution in [0.1, 0.15) is 50.0 Å². The van der Waals surface area contributed by atoms with Crippen molar-refractivity contribution in [2.24, 2.45) is 5.92 Å². The van der Waals surface area contributed by atoms with Crippen LogP contribution in [0.4, 0.5) is 0 Å². The maximum absolute atomic E-state index is 13.5. The van der Waals surface area contributed by atoms with Gasteiger partial charge in [-0.1, -0.05) is 0 Å². The molecule has 4 rings (SSSR count). The smallest absolute Gasteiger partial charge is 0.308 e. The van der Waals surface area contributed by atoms with Crippen LogP contribution < -0.4 is 0 Å². The molecule has 0 spiro atoms. The molecule has 1 amide bonds. The van der Waals surface area contributed by atoms with Gasteiger partial charge in [0.15, 0.2) is 11.4 Å². The minimum absolute atomic E-state index is 0.0695. The van der Waals surface area contributed by atoms with Crippen molar-refractivity contribution in [3.8, 4) is 11.5 Å². The third-order valence-electron chi connectivity index (χ3n) is 5.63. The molecular weight excluding hydrogens is 372 g/mol. The number of hydrogen-bond donors (Lipinski definition) is 1. The van der Waals surface area contributed by atoms with Gasteiger partial charge in [0, 0.05) is 18.6 Å². The lowest BCUT2D eigenvalue weighted by atomic mass is 9.89. The van der Waals surface area contributed by atoms with E-state index in [1.165, 1.54) is 0 Å². The van der Waals surface area contributed by atoms with Crippen molar-refractivity contribution in [1.29, 1.82) is 0 Å². The van der Waals surface area contributed by atoms with Crippen molar-refractivity contribution in [3.05, 3.63) is 36.2 Å². The van der Waals surface area contributed by atoms with Crippen molar-refractivity contribution in [3.63, 3.8) is 0 Å². The number of rotatable bonds is 4. The van der Waals surface area contributed by atoms with E-state index in [1.807, 2.05) is 13.8 Å². The number of hydrogen-bond acceptors (Lipinski definition) is 5. The molecule has 3 aromatic rings. The van der Waals surface area contributed by atoms with Gasteiger partial charge in [-0.25, -0.2) is 9.67 Å². The second-order valence-electron chi connectivity index (χ2n) is 7.78. The van der Waals surface area contributed by atoms with E-state index in [9.17, 15) is 14.7 Å². The molecule has 4 heterocycles. The molecular formula is C21H24N4O4. The number of carbonyl (C=O) groups is 2. The molecule has 1 fully saturated rings. The molecule has 0 aromatic carbocycles. The van der Waals surface area contributed by atoms with Crippen molar-refractivity contribution in [2.75, 3.05) is 6.54 Å². The van der Waals surface area contributed by atoms with Crippen LogP contribution in [-0.4, -0.2) is 49.2 Å². The zero-order chi connectivity index (χ0) is 20.7. The number of piperidine rings is 1. The highest BCUT2D eigenvalue weighted by atomic mass is 16.4. The molecule has 0 radical (unpaired) electrons. The zero-order valence-corrected chi connectivity index (χ0v) is 16.7. The number of carboxylic acids is 1. The summed E-state index contributed by atoms with van der Waals surface area (Å²) < 4.78 is 7.28. The largest absolute Gasteiger partial charge is 0.481 e. The van der Waals surface area contributed by atoms with Crippen molar-refractivity contribution in [1.82, 2.24) is 19.7 Å². The molecule has 0 unspecified atom stereocenters. The van der Waals surface area contributed by atoms with Crippen LogP contribution >= 0.6 is 0 Å². The molecule has 3 aromatic heterocycles. The Morgan fingerprint density at radius 1 is 1.34 bits per heavy atom. The molecule has 1 aliphatic heterocycles. The van der Waals surface area contributed by atoms with Crippen molar-refractivity contribution >= 4 is 22.9 Å². The van der Waals surface area contributed by atoms with E-state index in [0.29, 0.717) is 47.4 Å². The summed E-state index contributed by atoms with van der Waals surface area (Å²) in [5, 5.41) is 14.6. The number of pyridine rings is 1. The van der Waals surface area contributed by atoms with E-state index in [-0.39, 0.29) is 18.0 Å². The number of amides is 1. The summed E-state index contributed by atoms with van der Waals surface area (Å²) in [4.78, 5) is 31.5. The first-order valence-corrected chi connectivity index (χ1v) is 9.84. The highest BCUT2D eigenvalue weighted by Crippen LogP contribution is 2.30. The van der Waals surface area contributed by atoms with Crippen LogP contribution in [0.3, 0.4) is 0 Å². The first-order chi connectivity index (χ1) is 13.9. The molecule has 1 N–H and O–H groups in total. The van der Waals surface area contributed by atoms with Crippen molar-refractivity contribution in [2.45, 2.75) is 45.7 Å². The van der Waals surface area contributed by atoms with Crippen molar-refractivity contribution < 1.29 is 19.1 Å². The SMILES string of the molecule is CC(C)n1ncc2c(C(=O)N3CCC[C@H](C(=O)O)[C@@H]3C)cc(-c3ccco3)nc21. The number of carbonyl (C=O) groups excluding carboxylic acids is 1. The lowest BCUT2D eigenvalue weighted by Gasteiger charge is -2.37. The van der Waals surface area contributed by atoms with Gasteiger partial charge in [0.25, 0.3) is 5.91 Å². The summed E-state index contributed by atoms with van der Waals surface area (Å²) in [7, 11) is 0. The second kappa shape index (κ2) is 7.35. The maximum atomic E-state index is 13.5. The lowest BCUT2D eigenvalue weighted by Crippen LogP contribution is -2.49. The molecule has 152 valence electrons. The van der Waals surface area contributed by atoms with Gasteiger partial charge in [-0.05, 0) is 51.8 Å². The van der Waals surface area contributed by atoms with Crippen LogP contribution in [0.25, 0.3) is 22.5 Å². The Morgan fingerprint density at radius 3 is 2.79 bits per heavy atom. The fourth-order valence-electron chi connectivity index (χ4n) is 4.04. The summed E-state index contributed by atoms with van der Waals surface area (Å²) in [6.07, 6.45) is 4.46. The van der Waals surface area contributed by atoms with Crippen LogP contribution in [0.2, 0.25) is 0 Å². The number of aromatic nitrogens is 3. The zero-order valence-electron chi connectivity index (χ0n) is 16.7. The fraction of sp³-hybridized carbons (Fsp3) is 0.429. The minimum atomic E-state index is -0.862. The number of furan rings is 1. The highest BCUT2D eigenvalue weighted by molar-refractivity contribution is 6.06. The quantitative estimate of drug-likeness (QED) is 0.723. The predicted molar refractivity (Wildman–Crippen MR) is 106 cm³/mol.